The van der Waals surface area contributed by atoms with E-state index in [1.165, 1.54) is 0 Å². The molecule has 16 heavy (non-hydrogen) atoms. The summed E-state index contributed by atoms with van der Waals surface area (Å²) in [6.45, 7) is 0. The van der Waals surface area contributed by atoms with E-state index in [1.54, 1.807) is 0 Å². The molecule has 9 heteroatoms. The molecule has 2 atom stereocenters. The summed E-state index contributed by atoms with van der Waals surface area (Å²) in [5, 5.41) is 7.28. The van der Waals surface area contributed by atoms with Crippen molar-refractivity contribution in [3.05, 3.63) is 9.52 Å². The first-order chi connectivity index (χ1) is 7.31. The largest absolute Gasteiger partial charge is 0.480 e. The highest BCUT2D eigenvalue weighted by molar-refractivity contribution is 7.80. The molecule has 0 saturated carbocycles. The smallest absolute Gasteiger partial charge is 0.329 e. The lowest BCUT2D eigenvalue weighted by Crippen LogP contribution is -2.23. The quantitative estimate of drug-likeness (QED) is 0.455. The van der Waals surface area contributed by atoms with E-state index in [0.29, 0.717) is 0 Å². The average Bonchev–Trinajstić information content (AvgIpc) is 2.22. The molecule has 0 rings (SSSR count). The molecule has 0 saturated heterocycles. The van der Waals surface area contributed by atoms with Crippen LogP contribution in [0, 0.1) is 0 Å². The van der Waals surface area contributed by atoms with Crippen LogP contribution < -0.4 is 0 Å². The molecule has 1 N–H and O–H groups in total. The third-order valence-electron chi connectivity index (χ3n) is 1.35. The zero-order chi connectivity index (χ0) is 12.9. The van der Waals surface area contributed by atoms with Gasteiger partial charge in [-0.05, 0) is 0 Å². The number of nitrogens with zero attached hydrogens (tertiary/aromatic N) is 1. The van der Waals surface area contributed by atoms with E-state index in [-0.39, 0.29) is 20.4 Å². The number of allylic oxidation sites excluding steroid dienone is 1. The maximum atomic E-state index is 10.6. The highest BCUT2D eigenvalue weighted by Crippen LogP contribution is 2.26. The van der Waals surface area contributed by atoms with Gasteiger partial charge in [-0.15, -0.1) is 11.6 Å². The van der Waals surface area contributed by atoms with Crippen LogP contribution in [0.25, 0.3) is 0 Å². The first kappa shape index (κ1) is 16.7. The van der Waals surface area contributed by atoms with Gasteiger partial charge in [-0.2, -0.15) is 12.6 Å². The van der Waals surface area contributed by atoms with Gasteiger partial charge < -0.3 is 5.11 Å². The molecule has 3 nitrogen and oxygen atoms in total. The van der Waals surface area contributed by atoms with Crippen molar-refractivity contribution in [3.63, 3.8) is 0 Å². The molecule has 1 unspecified atom stereocenters. The van der Waals surface area contributed by atoms with E-state index in [4.69, 9.17) is 63.1 Å². The van der Waals surface area contributed by atoms with Crippen molar-refractivity contribution in [2.75, 3.05) is 5.75 Å². The summed E-state index contributed by atoms with van der Waals surface area (Å²) in [7, 11) is 0. The van der Waals surface area contributed by atoms with Crippen molar-refractivity contribution in [2.45, 2.75) is 11.4 Å². The van der Waals surface area contributed by atoms with Gasteiger partial charge in [0.2, 0.25) is 0 Å². The van der Waals surface area contributed by atoms with Gasteiger partial charge in [0, 0.05) is 5.75 Å². The second-order valence-electron chi connectivity index (χ2n) is 2.46. The fraction of sp³-hybridized carbons (Fsp3) is 0.429. The monoisotopic (exact) mass is 343 g/mol. The first-order valence-electron chi connectivity index (χ1n) is 3.72. The molecule has 0 heterocycles. The van der Waals surface area contributed by atoms with Crippen LogP contribution in [0.4, 0.5) is 0 Å². The summed E-state index contributed by atoms with van der Waals surface area (Å²) < 4.78 is -0.257. The van der Waals surface area contributed by atoms with E-state index in [9.17, 15) is 4.79 Å². The Kier molecular flexibility index (Phi) is 8.24. The summed E-state index contributed by atoms with van der Waals surface area (Å²) >= 11 is 31.6. The van der Waals surface area contributed by atoms with Crippen LogP contribution in [0.5, 0.6) is 0 Å². The second kappa shape index (κ2) is 7.90. The third kappa shape index (κ3) is 5.34. The van der Waals surface area contributed by atoms with Gasteiger partial charge in [0.15, 0.2) is 6.04 Å². The Bertz CT molecular complexity index is 329. The Morgan fingerprint density at radius 1 is 1.31 bits per heavy atom. The molecule has 0 aromatic carbocycles. The third-order valence-corrected chi connectivity index (χ3v) is 3.67. The fourth-order valence-electron chi connectivity index (χ4n) is 0.589. The standard InChI is InChI=1S/C7H6Cl5NO2S/c8-3(5(10)11)4(9)6(12)13-2(1-16)7(14)15/h2,4,16H,1H2,(H,14,15)/t2-,4?/m0/s1. The summed E-state index contributed by atoms with van der Waals surface area (Å²) in [5.74, 6) is -1.19. The van der Waals surface area contributed by atoms with E-state index in [0.717, 1.165) is 0 Å². The van der Waals surface area contributed by atoms with E-state index < -0.39 is 17.4 Å². The molecule has 0 aromatic rings. The molecule has 0 aliphatic heterocycles. The van der Waals surface area contributed by atoms with Gasteiger partial charge in [0.25, 0.3) is 0 Å². The lowest BCUT2D eigenvalue weighted by atomic mass is 10.3. The van der Waals surface area contributed by atoms with Crippen molar-refractivity contribution in [2.24, 2.45) is 4.99 Å². The SMILES string of the molecule is O=C(O)[C@H](CS)N=C(Cl)C(Cl)C(Cl)=C(Cl)Cl. The van der Waals surface area contributed by atoms with Crippen LogP contribution in [0.1, 0.15) is 0 Å². The number of aliphatic imine (C=N–C) groups is 1. The zero-order valence-corrected chi connectivity index (χ0v) is 12.2. The molecule has 0 bridgehead atoms. The number of halogens is 5. The molecule has 0 aromatic heterocycles. The van der Waals surface area contributed by atoms with Gasteiger partial charge in [-0.1, -0.05) is 46.4 Å². The highest BCUT2D eigenvalue weighted by Gasteiger charge is 2.21. The van der Waals surface area contributed by atoms with Crippen molar-refractivity contribution in [1.82, 2.24) is 0 Å². The average molecular weight is 345 g/mol. The summed E-state index contributed by atoms with van der Waals surface area (Å²) in [6.07, 6.45) is 0. The van der Waals surface area contributed by atoms with Gasteiger partial charge >= 0.3 is 5.97 Å². The fourth-order valence-corrected chi connectivity index (χ4v) is 1.71. The van der Waals surface area contributed by atoms with Crippen LogP contribution in [0.15, 0.2) is 14.5 Å². The van der Waals surface area contributed by atoms with Gasteiger partial charge in [0.1, 0.15) is 15.0 Å². The Hall–Kier alpha value is 0.680. The summed E-state index contributed by atoms with van der Waals surface area (Å²) in [5.41, 5.74) is 0. The summed E-state index contributed by atoms with van der Waals surface area (Å²) in [6, 6.07) is -1.10. The number of hydrogen-bond donors (Lipinski definition) is 2. The van der Waals surface area contributed by atoms with Crippen molar-refractivity contribution in [3.8, 4) is 0 Å². The van der Waals surface area contributed by atoms with Gasteiger partial charge in [-0.3, -0.25) is 4.99 Å². The van der Waals surface area contributed by atoms with E-state index in [1.807, 2.05) is 0 Å². The number of alkyl halides is 1. The van der Waals surface area contributed by atoms with Crippen LogP contribution in [-0.2, 0) is 4.79 Å². The van der Waals surface area contributed by atoms with Crippen LogP contribution in [0.3, 0.4) is 0 Å². The maximum Gasteiger partial charge on any atom is 0.329 e. The maximum absolute atomic E-state index is 10.6. The number of hydrogen-bond acceptors (Lipinski definition) is 3. The number of rotatable bonds is 5. The zero-order valence-electron chi connectivity index (χ0n) is 7.50. The highest BCUT2D eigenvalue weighted by atomic mass is 35.5. The molecule has 0 aliphatic rings. The van der Waals surface area contributed by atoms with Crippen LogP contribution in [0.2, 0.25) is 0 Å². The molecule has 0 spiro atoms. The van der Waals surface area contributed by atoms with Gasteiger partial charge in [-0.25, -0.2) is 4.79 Å². The van der Waals surface area contributed by atoms with Crippen molar-refractivity contribution >= 4 is 81.8 Å². The minimum Gasteiger partial charge on any atom is -0.480 e. The first-order valence-corrected chi connectivity index (χ1v) is 6.30. The normalized spacial score (nSPS) is 15.5. The van der Waals surface area contributed by atoms with Crippen molar-refractivity contribution < 1.29 is 9.90 Å². The lowest BCUT2D eigenvalue weighted by molar-refractivity contribution is -0.137. The number of aliphatic carboxylic acids is 1. The van der Waals surface area contributed by atoms with Crippen LogP contribution >= 0.6 is 70.6 Å². The predicted molar refractivity (Wildman–Crippen MR) is 72.8 cm³/mol. The number of thiol groups is 1. The topological polar surface area (TPSA) is 49.7 Å². The Balaban J connectivity index is 4.91. The van der Waals surface area contributed by atoms with E-state index >= 15 is 0 Å². The number of carboxylic acids is 1. The predicted octanol–water partition coefficient (Wildman–Crippen LogP) is 3.50. The molecule has 0 fully saturated rings. The second-order valence-corrected chi connectivity index (χ2v) is 5.00. The minimum atomic E-state index is -1.17. The van der Waals surface area contributed by atoms with Gasteiger partial charge in [0.05, 0.1) is 5.03 Å². The summed E-state index contributed by atoms with van der Waals surface area (Å²) in [4.78, 5) is 14.3. The number of carboxylic acid groups (broad SMARTS) is 1. The van der Waals surface area contributed by atoms with E-state index in [2.05, 4.69) is 17.6 Å². The van der Waals surface area contributed by atoms with Crippen molar-refractivity contribution in [1.29, 1.82) is 0 Å². The number of carbonyl (C=O) groups is 1. The molecule has 0 radical (unpaired) electrons. The Morgan fingerprint density at radius 3 is 2.12 bits per heavy atom. The Labute approximate surface area is 123 Å². The lowest BCUT2D eigenvalue weighted by Gasteiger charge is -2.09. The molecule has 0 amide bonds. The molecular weight excluding hydrogens is 339 g/mol. The molecule has 92 valence electrons. The van der Waals surface area contributed by atoms with Crippen LogP contribution in [-0.4, -0.2) is 33.4 Å². The minimum absolute atomic E-state index is 0.0227. The Morgan fingerprint density at radius 2 is 1.81 bits per heavy atom. The molecular formula is C7H6Cl5NO2S. The molecule has 0 aliphatic carbocycles.